The Bertz CT molecular complexity index is 382. The molecule has 108 valence electrons. The summed E-state index contributed by atoms with van der Waals surface area (Å²) in [6.45, 7) is 9.63. The summed E-state index contributed by atoms with van der Waals surface area (Å²) in [6, 6.07) is 4.99. The van der Waals surface area contributed by atoms with Crippen LogP contribution < -0.4 is 10.1 Å². The van der Waals surface area contributed by atoms with E-state index < -0.39 is 0 Å². The first kappa shape index (κ1) is 15.9. The van der Waals surface area contributed by atoms with Crippen molar-refractivity contribution in [3.05, 3.63) is 29.6 Å². The first-order valence-electron chi connectivity index (χ1n) is 6.81. The van der Waals surface area contributed by atoms with E-state index in [0.717, 1.165) is 6.54 Å². The molecule has 0 aliphatic heterocycles. The van der Waals surface area contributed by atoms with Crippen molar-refractivity contribution in [2.45, 2.75) is 39.8 Å². The van der Waals surface area contributed by atoms with Gasteiger partial charge >= 0.3 is 0 Å². The van der Waals surface area contributed by atoms with Gasteiger partial charge in [0.05, 0.1) is 12.7 Å². The van der Waals surface area contributed by atoms with Crippen LogP contribution >= 0.6 is 0 Å². The molecule has 1 aromatic carbocycles. The Kier molecular flexibility index (Phi) is 6.81. The Morgan fingerprint density at radius 3 is 2.53 bits per heavy atom. The Balaban J connectivity index is 2.52. The molecule has 0 spiro atoms. The van der Waals surface area contributed by atoms with Crippen LogP contribution in [0.1, 0.15) is 39.3 Å². The highest BCUT2D eigenvalue weighted by Crippen LogP contribution is 2.21. The highest BCUT2D eigenvalue weighted by molar-refractivity contribution is 5.30. The lowest BCUT2D eigenvalue weighted by Crippen LogP contribution is -2.18. The van der Waals surface area contributed by atoms with Gasteiger partial charge in [-0.25, -0.2) is 4.39 Å². The molecule has 0 aromatic heterocycles. The molecule has 0 heterocycles. The molecule has 1 unspecified atom stereocenters. The summed E-state index contributed by atoms with van der Waals surface area (Å²) >= 11 is 0. The van der Waals surface area contributed by atoms with Crippen molar-refractivity contribution in [3.63, 3.8) is 0 Å². The van der Waals surface area contributed by atoms with Crippen LogP contribution in [0.4, 0.5) is 4.39 Å². The fraction of sp³-hybridized carbons (Fsp3) is 0.600. The Morgan fingerprint density at radius 1 is 1.21 bits per heavy atom. The molecule has 0 amide bonds. The summed E-state index contributed by atoms with van der Waals surface area (Å²) < 4.78 is 24.7. The third-order valence-electron chi connectivity index (χ3n) is 2.75. The summed E-state index contributed by atoms with van der Waals surface area (Å²) in [5, 5.41) is 3.19. The second-order valence-electron chi connectivity index (χ2n) is 4.73. The summed E-state index contributed by atoms with van der Waals surface area (Å²) in [6.07, 6.45) is 0.184. The standard InChI is InChI=1S/C15H24FNO2/c1-5-17-12(4)14-7-6-13(10-15(14)16)19-9-8-18-11(2)3/h6-7,10-12,17H,5,8-9H2,1-4H3. The zero-order valence-electron chi connectivity index (χ0n) is 12.2. The Labute approximate surface area is 115 Å². The third-order valence-corrected chi connectivity index (χ3v) is 2.75. The van der Waals surface area contributed by atoms with Crippen molar-refractivity contribution < 1.29 is 13.9 Å². The van der Waals surface area contributed by atoms with Gasteiger partial charge < -0.3 is 14.8 Å². The summed E-state index contributed by atoms with van der Waals surface area (Å²) in [7, 11) is 0. The summed E-state index contributed by atoms with van der Waals surface area (Å²) in [4.78, 5) is 0. The number of hydrogen-bond donors (Lipinski definition) is 1. The molecule has 0 aliphatic rings. The predicted octanol–water partition coefficient (Wildman–Crippen LogP) is 3.30. The van der Waals surface area contributed by atoms with Gasteiger partial charge in [0.1, 0.15) is 18.2 Å². The minimum Gasteiger partial charge on any atom is -0.491 e. The molecule has 1 aromatic rings. The lowest BCUT2D eigenvalue weighted by atomic mass is 10.1. The van der Waals surface area contributed by atoms with E-state index in [2.05, 4.69) is 5.32 Å². The highest BCUT2D eigenvalue weighted by Gasteiger charge is 2.10. The van der Waals surface area contributed by atoms with E-state index in [-0.39, 0.29) is 18.0 Å². The van der Waals surface area contributed by atoms with Gasteiger partial charge in [-0.3, -0.25) is 0 Å². The van der Waals surface area contributed by atoms with E-state index in [0.29, 0.717) is 24.5 Å². The van der Waals surface area contributed by atoms with Gasteiger partial charge in [-0.2, -0.15) is 0 Å². The number of halogens is 1. The van der Waals surface area contributed by atoms with Crippen molar-refractivity contribution in [1.29, 1.82) is 0 Å². The van der Waals surface area contributed by atoms with Crippen LogP contribution in [0.25, 0.3) is 0 Å². The van der Waals surface area contributed by atoms with E-state index in [4.69, 9.17) is 9.47 Å². The van der Waals surface area contributed by atoms with Gasteiger partial charge in [0.2, 0.25) is 0 Å². The van der Waals surface area contributed by atoms with Gasteiger partial charge in [-0.05, 0) is 33.4 Å². The topological polar surface area (TPSA) is 30.5 Å². The monoisotopic (exact) mass is 269 g/mol. The smallest absolute Gasteiger partial charge is 0.131 e. The lowest BCUT2D eigenvalue weighted by molar-refractivity contribution is 0.0552. The molecule has 0 saturated heterocycles. The van der Waals surface area contributed by atoms with Crippen LogP contribution in [0.15, 0.2) is 18.2 Å². The van der Waals surface area contributed by atoms with Gasteiger partial charge in [0.25, 0.3) is 0 Å². The van der Waals surface area contributed by atoms with E-state index in [1.54, 1.807) is 12.1 Å². The Hall–Kier alpha value is -1.13. The van der Waals surface area contributed by atoms with Crippen molar-refractivity contribution in [2.24, 2.45) is 0 Å². The molecule has 0 saturated carbocycles. The average molecular weight is 269 g/mol. The molecule has 1 atom stereocenters. The number of benzene rings is 1. The second-order valence-corrected chi connectivity index (χ2v) is 4.73. The van der Waals surface area contributed by atoms with Crippen LogP contribution in [0.2, 0.25) is 0 Å². The normalized spacial score (nSPS) is 12.7. The van der Waals surface area contributed by atoms with Gasteiger partial charge in [-0.15, -0.1) is 0 Å². The fourth-order valence-electron chi connectivity index (χ4n) is 1.81. The number of rotatable bonds is 8. The largest absolute Gasteiger partial charge is 0.491 e. The van der Waals surface area contributed by atoms with E-state index in [9.17, 15) is 4.39 Å². The molecule has 1 rings (SSSR count). The minimum atomic E-state index is -0.240. The predicted molar refractivity (Wildman–Crippen MR) is 75.1 cm³/mol. The highest BCUT2D eigenvalue weighted by atomic mass is 19.1. The molecule has 0 fully saturated rings. The van der Waals surface area contributed by atoms with Crippen LogP contribution in [0.5, 0.6) is 5.75 Å². The van der Waals surface area contributed by atoms with Gasteiger partial charge in [0.15, 0.2) is 0 Å². The molecule has 1 N–H and O–H groups in total. The molecule has 0 radical (unpaired) electrons. The molecule has 3 nitrogen and oxygen atoms in total. The van der Waals surface area contributed by atoms with E-state index in [1.807, 2.05) is 27.7 Å². The Morgan fingerprint density at radius 2 is 1.95 bits per heavy atom. The van der Waals surface area contributed by atoms with Crippen LogP contribution in [0.3, 0.4) is 0 Å². The van der Waals surface area contributed by atoms with Crippen LogP contribution in [-0.4, -0.2) is 25.9 Å². The number of nitrogens with one attached hydrogen (secondary N) is 1. The average Bonchev–Trinajstić information content (AvgIpc) is 2.34. The first-order valence-corrected chi connectivity index (χ1v) is 6.81. The molecular formula is C15H24FNO2. The zero-order valence-corrected chi connectivity index (χ0v) is 12.2. The zero-order chi connectivity index (χ0) is 14.3. The second kappa shape index (κ2) is 8.12. The van der Waals surface area contributed by atoms with Crippen molar-refractivity contribution in [2.75, 3.05) is 19.8 Å². The number of hydrogen-bond acceptors (Lipinski definition) is 3. The fourth-order valence-corrected chi connectivity index (χ4v) is 1.81. The maximum atomic E-state index is 13.9. The van der Waals surface area contributed by atoms with Crippen molar-refractivity contribution in [1.82, 2.24) is 5.32 Å². The molecule has 4 heteroatoms. The SMILES string of the molecule is CCNC(C)c1ccc(OCCOC(C)C)cc1F. The summed E-state index contributed by atoms with van der Waals surface area (Å²) in [5.41, 5.74) is 0.660. The quantitative estimate of drug-likeness (QED) is 0.735. The van der Waals surface area contributed by atoms with Crippen molar-refractivity contribution in [3.8, 4) is 5.75 Å². The van der Waals surface area contributed by atoms with E-state index in [1.165, 1.54) is 6.07 Å². The minimum absolute atomic E-state index is 0.00308. The van der Waals surface area contributed by atoms with Gasteiger partial charge in [-0.1, -0.05) is 13.0 Å². The first-order chi connectivity index (χ1) is 9.04. The maximum absolute atomic E-state index is 13.9. The number of ether oxygens (including phenoxy) is 2. The van der Waals surface area contributed by atoms with Crippen LogP contribution in [0, 0.1) is 5.82 Å². The molecule has 19 heavy (non-hydrogen) atoms. The van der Waals surface area contributed by atoms with E-state index >= 15 is 0 Å². The van der Waals surface area contributed by atoms with Gasteiger partial charge in [0, 0.05) is 17.7 Å². The third kappa shape index (κ3) is 5.57. The van der Waals surface area contributed by atoms with Crippen LogP contribution in [-0.2, 0) is 4.74 Å². The molecular weight excluding hydrogens is 245 g/mol. The molecule has 0 bridgehead atoms. The lowest BCUT2D eigenvalue weighted by Gasteiger charge is -2.15. The molecule has 0 aliphatic carbocycles. The maximum Gasteiger partial charge on any atom is 0.131 e. The summed E-state index contributed by atoms with van der Waals surface area (Å²) in [5.74, 6) is 0.299. The van der Waals surface area contributed by atoms with Crippen molar-refractivity contribution >= 4 is 0 Å².